The van der Waals surface area contributed by atoms with Gasteiger partial charge >= 0.3 is 6.18 Å². The molecule has 0 atom stereocenters. The molecule has 0 aliphatic heterocycles. The molecule has 1 heterocycles. The van der Waals surface area contributed by atoms with Crippen LogP contribution in [-0.4, -0.2) is 4.98 Å². The number of rotatable bonds is 3. The summed E-state index contributed by atoms with van der Waals surface area (Å²) in [6, 6.07) is 8.68. The molecule has 0 radical (unpaired) electrons. The Balaban J connectivity index is 2.10. The van der Waals surface area contributed by atoms with Crippen molar-refractivity contribution in [2.24, 2.45) is 0 Å². The minimum Gasteiger partial charge on any atom is -0.473 e. The molecule has 0 saturated carbocycles. The van der Waals surface area contributed by atoms with Gasteiger partial charge in [0.15, 0.2) is 0 Å². The molecular formula is C14H12F3NO. The van der Waals surface area contributed by atoms with Crippen LogP contribution in [0.25, 0.3) is 0 Å². The normalized spacial score (nSPS) is 11.4. The maximum atomic E-state index is 12.5. The first-order valence-electron chi connectivity index (χ1n) is 5.67. The highest BCUT2D eigenvalue weighted by Crippen LogP contribution is 2.29. The van der Waals surface area contributed by atoms with Crippen molar-refractivity contribution in [2.75, 3.05) is 0 Å². The number of halogens is 3. The Kier molecular flexibility index (Phi) is 3.74. The van der Waals surface area contributed by atoms with E-state index in [1.807, 2.05) is 13.0 Å². The van der Waals surface area contributed by atoms with Gasteiger partial charge in [0.1, 0.15) is 6.61 Å². The quantitative estimate of drug-likeness (QED) is 0.839. The van der Waals surface area contributed by atoms with Crippen LogP contribution in [0.3, 0.4) is 0 Å². The topological polar surface area (TPSA) is 22.1 Å². The molecule has 0 fully saturated rings. The van der Waals surface area contributed by atoms with Gasteiger partial charge in [0.2, 0.25) is 5.88 Å². The van der Waals surface area contributed by atoms with E-state index >= 15 is 0 Å². The van der Waals surface area contributed by atoms with Crippen LogP contribution < -0.4 is 4.74 Å². The van der Waals surface area contributed by atoms with Crippen molar-refractivity contribution in [1.29, 1.82) is 0 Å². The Labute approximate surface area is 108 Å². The lowest BCUT2D eigenvalue weighted by molar-refractivity contribution is -0.137. The summed E-state index contributed by atoms with van der Waals surface area (Å²) in [6.07, 6.45) is -2.76. The molecule has 0 amide bonds. The number of aryl methyl sites for hydroxylation is 1. The van der Waals surface area contributed by atoms with E-state index in [-0.39, 0.29) is 6.61 Å². The maximum Gasteiger partial charge on any atom is 0.416 e. The number of aromatic nitrogens is 1. The Hall–Kier alpha value is -2.04. The molecular weight excluding hydrogens is 255 g/mol. The SMILES string of the molecule is Cc1cccnc1OCc1cccc(C(F)(F)F)c1. The van der Waals surface area contributed by atoms with Gasteiger partial charge in [-0.2, -0.15) is 13.2 Å². The van der Waals surface area contributed by atoms with E-state index in [4.69, 9.17) is 4.74 Å². The van der Waals surface area contributed by atoms with Crippen molar-refractivity contribution in [3.8, 4) is 5.88 Å². The molecule has 100 valence electrons. The molecule has 2 aromatic rings. The van der Waals surface area contributed by atoms with E-state index in [1.54, 1.807) is 18.3 Å². The van der Waals surface area contributed by atoms with Crippen LogP contribution in [-0.2, 0) is 12.8 Å². The van der Waals surface area contributed by atoms with Gasteiger partial charge in [-0.15, -0.1) is 0 Å². The number of benzene rings is 1. The van der Waals surface area contributed by atoms with E-state index in [0.717, 1.165) is 17.7 Å². The Morgan fingerprint density at radius 1 is 1.16 bits per heavy atom. The second kappa shape index (κ2) is 5.30. The number of alkyl halides is 3. The first-order valence-corrected chi connectivity index (χ1v) is 5.67. The highest BCUT2D eigenvalue weighted by molar-refractivity contribution is 5.27. The third-order valence-corrected chi connectivity index (χ3v) is 2.59. The summed E-state index contributed by atoms with van der Waals surface area (Å²) in [5.41, 5.74) is 0.626. The fourth-order valence-electron chi connectivity index (χ4n) is 1.61. The average Bonchev–Trinajstić information content (AvgIpc) is 2.37. The lowest BCUT2D eigenvalue weighted by Crippen LogP contribution is -2.06. The summed E-state index contributed by atoms with van der Waals surface area (Å²) >= 11 is 0. The summed E-state index contributed by atoms with van der Waals surface area (Å²) in [5.74, 6) is 0.430. The monoisotopic (exact) mass is 267 g/mol. The van der Waals surface area contributed by atoms with Crippen LogP contribution in [0.2, 0.25) is 0 Å². The summed E-state index contributed by atoms with van der Waals surface area (Å²) in [6.45, 7) is 1.89. The minimum atomic E-state index is -4.34. The number of ether oxygens (including phenoxy) is 1. The van der Waals surface area contributed by atoms with Crippen LogP contribution in [0.5, 0.6) is 5.88 Å². The zero-order valence-electron chi connectivity index (χ0n) is 10.2. The first kappa shape index (κ1) is 13.4. The standard InChI is InChI=1S/C14H12F3NO/c1-10-4-3-7-18-13(10)19-9-11-5-2-6-12(8-11)14(15,16)17/h2-8H,9H2,1H3. The molecule has 2 rings (SSSR count). The van der Waals surface area contributed by atoms with Gasteiger partial charge < -0.3 is 4.74 Å². The molecule has 0 aliphatic rings. The summed E-state index contributed by atoms with van der Waals surface area (Å²) < 4.78 is 43.0. The van der Waals surface area contributed by atoms with Gasteiger partial charge in [0.25, 0.3) is 0 Å². The molecule has 0 N–H and O–H groups in total. The van der Waals surface area contributed by atoms with E-state index in [9.17, 15) is 13.2 Å². The second-order valence-electron chi connectivity index (χ2n) is 4.11. The number of hydrogen-bond acceptors (Lipinski definition) is 2. The van der Waals surface area contributed by atoms with Crippen LogP contribution in [0, 0.1) is 6.92 Å². The molecule has 1 aromatic carbocycles. The number of pyridine rings is 1. The predicted molar refractivity (Wildman–Crippen MR) is 64.8 cm³/mol. The van der Waals surface area contributed by atoms with E-state index < -0.39 is 11.7 Å². The lowest BCUT2D eigenvalue weighted by atomic mass is 10.1. The Morgan fingerprint density at radius 2 is 1.95 bits per heavy atom. The van der Waals surface area contributed by atoms with Crippen molar-refractivity contribution >= 4 is 0 Å². The Bertz CT molecular complexity index is 567. The highest BCUT2D eigenvalue weighted by Gasteiger charge is 2.30. The zero-order valence-corrected chi connectivity index (χ0v) is 10.2. The molecule has 5 heteroatoms. The third-order valence-electron chi connectivity index (χ3n) is 2.59. The fourth-order valence-corrected chi connectivity index (χ4v) is 1.61. The van der Waals surface area contributed by atoms with Crippen molar-refractivity contribution in [2.45, 2.75) is 19.7 Å². The van der Waals surface area contributed by atoms with Crippen molar-refractivity contribution in [3.05, 3.63) is 59.3 Å². The maximum absolute atomic E-state index is 12.5. The molecule has 2 nitrogen and oxygen atoms in total. The van der Waals surface area contributed by atoms with Gasteiger partial charge in [0, 0.05) is 11.8 Å². The fraction of sp³-hybridized carbons (Fsp3) is 0.214. The van der Waals surface area contributed by atoms with E-state index in [1.165, 1.54) is 6.07 Å². The average molecular weight is 267 g/mol. The Morgan fingerprint density at radius 3 is 2.63 bits per heavy atom. The van der Waals surface area contributed by atoms with Gasteiger partial charge in [-0.05, 0) is 30.7 Å². The van der Waals surface area contributed by atoms with Gasteiger partial charge in [0.05, 0.1) is 5.56 Å². The molecule has 0 saturated heterocycles. The van der Waals surface area contributed by atoms with Crippen LogP contribution in [0.15, 0.2) is 42.6 Å². The van der Waals surface area contributed by atoms with Crippen LogP contribution in [0.4, 0.5) is 13.2 Å². The molecule has 19 heavy (non-hydrogen) atoms. The smallest absolute Gasteiger partial charge is 0.416 e. The van der Waals surface area contributed by atoms with Gasteiger partial charge in [-0.25, -0.2) is 4.98 Å². The number of hydrogen-bond donors (Lipinski definition) is 0. The largest absolute Gasteiger partial charge is 0.473 e. The van der Waals surface area contributed by atoms with Gasteiger partial charge in [-0.1, -0.05) is 18.2 Å². The van der Waals surface area contributed by atoms with Crippen molar-refractivity contribution < 1.29 is 17.9 Å². The molecule has 1 aromatic heterocycles. The van der Waals surface area contributed by atoms with Crippen LogP contribution >= 0.6 is 0 Å². The first-order chi connectivity index (χ1) is 8.97. The summed E-state index contributed by atoms with van der Waals surface area (Å²) in [7, 11) is 0. The molecule has 0 spiro atoms. The van der Waals surface area contributed by atoms with E-state index in [0.29, 0.717) is 11.4 Å². The second-order valence-corrected chi connectivity index (χ2v) is 4.11. The minimum absolute atomic E-state index is 0.0573. The number of nitrogens with zero attached hydrogens (tertiary/aromatic N) is 1. The van der Waals surface area contributed by atoms with Crippen LogP contribution in [0.1, 0.15) is 16.7 Å². The van der Waals surface area contributed by atoms with E-state index in [2.05, 4.69) is 4.98 Å². The van der Waals surface area contributed by atoms with Gasteiger partial charge in [-0.3, -0.25) is 0 Å². The molecule has 0 bridgehead atoms. The molecule has 0 unspecified atom stereocenters. The predicted octanol–water partition coefficient (Wildman–Crippen LogP) is 3.99. The molecule has 0 aliphatic carbocycles. The highest BCUT2D eigenvalue weighted by atomic mass is 19.4. The summed E-state index contributed by atoms with van der Waals surface area (Å²) in [5, 5.41) is 0. The zero-order chi connectivity index (χ0) is 13.9. The van der Waals surface area contributed by atoms with Crippen molar-refractivity contribution in [3.63, 3.8) is 0 Å². The van der Waals surface area contributed by atoms with Crippen molar-refractivity contribution in [1.82, 2.24) is 4.98 Å². The third kappa shape index (κ3) is 3.47. The summed E-state index contributed by atoms with van der Waals surface area (Å²) in [4.78, 5) is 4.02. The lowest BCUT2D eigenvalue weighted by Gasteiger charge is -2.10.